The Hall–Kier alpha value is -1.02. The number of hydrogen-bond acceptors (Lipinski definition) is 2. The summed E-state index contributed by atoms with van der Waals surface area (Å²) in [6.07, 6.45) is 3.60. The first-order valence-corrected chi connectivity index (χ1v) is 5.55. The molecule has 1 aromatic rings. The van der Waals surface area contributed by atoms with Crippen molar-refractivity contribution in [1.82, 2.24) is 0 Å². The molecule has 0 radical (unpaired) electrons. The minimum Gasteiger partial charge on any atom is -0.496 e. The highest BCUT2D eigenvalue weighted by molar-refractivity contribution is 5.41. The van der Waals surface area contributed by atoms with Crippen molar-refractivity contribution in [2.45, 2.75) is 38.2 Å². The van der Waals surface area contributed by atoms with Crippen LogP contribution >= 0.6 is 0 Å². The van der Waals surface area contributed by atoms with Gasteiger partial charge in [-0.15, -0.1) is 0 Å². The van der Waals surface area contributed by atoms with Crippen LogP contribution in [0.3, 0.4) is 0 Å². The van der Waals surface area contributed by atoms with E-state index in [1.54, 1.807) is 7.11 Å². The number of aliphatic hydroxyl groups is 1. The molecule has 0 heterocycles. The van der Waals surface area contributed by atoms with Gasteiger partial charge in [-0.1, -0.05) is 19.1 Å². The maximum absolute atomic E-state index is 9.92. The lowest BCUT2D eigenvalue weighted by molar-refractivity contribution is 0.150. The van der Waals surface area contributed by atoms with E-state index in [1.165, 1.54) is 11.1 Å². The van der Waals surface area contributed by atoms with E-state index in [0.717, 1.165) is 31.4 Å². The van der Waals surface area contributed by atoms with E-state index in [9.17, 15) is 5.11 Å². The number of benzene rings is 1. The van der Waals surface area contributed by atoms with Gasteiger partial charge in [-0.05, 0) is 36.5 Å². The zero-order chi connectivity index (χ0) is 10.9. The second-order valence-electron chi connectivity index (χ2n) is 4.35. The molecule has 1 N–H and O–H groups in total. The number of ether oxygens (including phenoxy) is 1. The van der Waals surface area contributed by atoms with Crippen molar-refractivity contribution in [3.05, 3.63) is 29.3 Å². The predicted octanol–water partition coefficient (Wildman–Crippen LogP) is 2.33. The van der Waals surface area contributed by atoms with Crippen LogP contribution in [0, 0.1) is 0 Å². The van der Waals surface area contributed by atoms with Crippen molar-refractivity contribution in [2.24, 2.45) is 0 Å². The molecular formula is C13H18O2. The highest BCUT2D eigenvalue weighted by Gasteiger charge is 2.40. The van der Waals surface area contributed by atoms with E-state index in [-0.39, 0.29) is 0 Å². The zero-order valence-corrected chi connectivity index (χ0v) is 9.42. The molecule has 0 atom stereocenters. The standard InChI is InChI=1S/C13H18O2/c1-3-11-10(9-13(14)7-8-13)5-4-6-12(11)15-2/h4-6,14H,3,7-9H2,1-2H3. The lowest BCUT2D eigenvalue weighted by Gasteiger charge is -2.14. The molecule has 0 amide bonds. The van der Waals surface area contributed by atoms with Crippen LogP contribution in [0.1, 0.15) is 30.9 Å². The average Bonchev–Trinajstić information content (AvgIpc) is 2.95. The number of rotatable bonds is 4. The summed E-state index contributed by atoms with van der Waals surface area (Å²) in [7, 11) is 1.70. The maximum Gasteiger partial charge on any atom is 0.122 e. The Morgan fingerprint density at radius 1 is 1.40 bits per heavy atom. The van der Waals surface area contributed by atoms with Gasteiger partial charge in [0.05, 0.1) is 12.7 Å². The monoisotopic (exact) mass is 206 g/mol. The van der Waals surface area contributed by atoms with Crippen LogP contribution < -0.4 is 4.74 Å². The SMILES string of the molecule is CCc1c(CC2(O)CC2)cccc1OC. The van der Waals surface area contributed by atoms with Gasteiger partial charge in [0.2, 0.25) is 0 Å². The van der Waals surface area contributed by atoms with Crippen LogP contribution in [0.4, 0.5) is 0 Å². The van der Waals surface area contributed by atoms with Gasteiger partial charge >= 0.3 is 0 Å². The summed E-state index contributed by atoms with van der Waals surface area (Å²) in [5.41, 5.74) is 2.05. The average molecular weight is 206 g/mol. The summed E-state index contributed by atoms with van der Waals surface area (Å²) < 4.78 is 5.33. The third-order valence-electron chi connectivity index (χ3n) is 3.15. The van der Waals surface area contributed by atoms with E-state index in [0.29, 0.717) is 0 Å². The van der Waals surface area contributed by atoms with Gasteiger partial charge in [0.15, 0.2) is 0 Å². The summed E-state index contributed by atoms with van der Waals surface area (Å²) in [5.74, 6) is 0.944. The van der Waals surface area contributed by atoms with E-state index >= 15 is 0 Å². The first-order chi connectivity index (χ1) is 7.18. The Kier molecular flexibility index (Phi) is 2.70. The summed E-state index contributed by atoms with van der Waals surface area (Å²) in [5, 5.41) is 9.92. The molecule has 2 heteroatoms. The van der Waals surface area contributed by atoms with Gasteiger partial charge in [-0.3, -0.25) is 0 Å². The fourth-order valence-corrected chi connectivity index (χ4v) is 2.04. The molecule has 2 rings (SSSR count). The second kappa shape index (κ2) is 3.86. The van der Waals surface area contributed by atoms with Crippen molar-refractivity contribution < 1.29 is 9.84 Å². The molecule has 0 aliphatic heterocycles. The van der Waals surface area contributed by atoms with Gasteiger partial charge < -0.3 is 9.84 Å². The van der Waals surface area contributed by atoms with Crippen molar-refractivity contribution in [1.29, 1.82) is 0 Å². The van der Waals surface area contributed by atoms with E-state index in [1.807, 2.05) is 12.1 Å². The van der Waals surface area contributed by atoms with Gasteiger partial charge in [-0.2, -0.15) is 0 Å². The third-order valence-corrected chi connectivity index (χ3v) is 3.15. The molecule has 1 fully saturated rings. The molecule has 0 bridgehead atoms. The molecule has 82 valence electrons. The van der Waals surface area contributed by atoms with Crippen LogP contribution in [0.5, 0.6) is 5.75 Å². The van der Waals surface area contributed by atoms with Crippen molar-refractivity contribution in [3.63, 3.8) is 0 Å². The van der Waals surface area contributed by atoms with E-state index in [2.05, 4.69) is 13.0 Å². The van der Waals surface area contributed by atoms with Crippen LogP contribution in [-0.4, -0.2) is 17.8 Å². The van der Waals surface area contributed by atoms with Gasteiger partial charge in [0, 0.05) is 6.42 Å². The first-order valence-electron chi connectivity index (χ1n) is 5.55. The predicted molar refractivity (Wildman–Crippen MR) is 60.3 cm³/mol. The lowest BCUT2D eigenvalue weighted by Crippen LogP contribution is -2.12. The Morgan fingerprint density at radius 2 is 2.13 bits per heavy atom. The molecule has 1 aromatic carbocycles. The van der Waals surface area contributed by atoms with Gasteiger partial charge in [0.25, 0.3) is 0 Å². The molecule has 0 saturated heterocycles. The molecule has 0 unspecified atom stereocenters. The molecule has 1 aliphatic rings. The Morgan fingerprint density at radius 3 is 2.67 bits per heavy atom. The highest BCUT2D eigenvalue weighted by atomic mass is 16.5. The van der Waals surface area contributed by atoms with Gasteiger partial charge in [0.1, 0.15) is 5.75 Å². The fraction of sp³-hybridized carbons (Fsp3) is 0.538. The lowest BCUT2D eigenvalue weighted by atomic mass is 9.98. The fourth-order valence-electron chi connectivity index (χ4n) is 2.04. The summed E-state index contributed by atoms with van der Waals surface area (Å²) >= 11 is 0. The first kappa shape index (κ1) is 10.5. The van der Waals surface area contributed by atoms with Crippen LogP contribution in [0.25, 0.3) is 0 Å². The summed E-state index contributed by atoms with van der Waals surface area (Å²) in [6.45, 7) is 2.12. The Bertz CT molecular complexity index is 354. The minimum atomic E-state index is -0.420. The molecule has 2 nitrogen and oxygen atoms in total. The van der Waals surface area contributed by atoms with Crippen LogP contribution in [0.15, 0.2) is 18.2 Å². The smallest absolute Gasteiger partial charge is 0.122 e. The second-order valence-corrected chi connectivity index (χ2v) is 4.35. The minimum absolute atomic E-state index is 0.420. The number of methoxy groups -OCH3 is 1. The van der Waals surface area contributed by atoms with Crippen molar-refractivity contribution >= 4 is 0 Å². The highest BCUT2D eigenvalue weighted by Crippen LogP contribution is 2.39. The molecular weight excluding hydrogens is 188 g/mol. The summed E-state index contributed by atoms with van der Waals surface area (Å²) in [6, 6.07) is 6.08. The molecule has 0 aromatic heterocycles. The quantitative estimate of drug-likeness (QED) is 0.819. The van der Waals surface area contributed by atoms with Crippen molar-refractivity contribution in [3.8, 4) is 5.75 Å². The zero-order valence-electron chi connectivity index (χ0n) is 9.42. The normalized spacial score (nSPS) is 17.5. The molecule has 0 spiro atoms. The van der Waals surface area contributed by atoms with Gasteiger partial charge in [-0.25, -0.2) is 0 Å². The Balaban J connectivity index is 2.28. The molecule has 1 saturated carbocycles. The van der Waals surface area contributed by atoms with E-state index in [4.69, 9.17) is 4.74 Å². The topological polar surface area (TPSA) is 29.5 Å². The third kappa shape index (κ3) is 2.15. The largest absolute Gasteiger partial charge is 0.496 e. The van der Waals surface area contributed by atoms with Crippen molar-refractivity contribution in [2.75, 3.05) is 7.11 Å². The molecule has 1 aliphatic carbocycles. The van der Waals surface area contributed by atoms with Crippen LogP contribution in [-0.2, 0) is 12.8 Å². The Labute approximate surface area is 90.9 Å². The van der Waals surface area contributed by atoms with Crippen LogP contribution in [0.2, 0.25) is 0 Å². The summed E-state index contributed by atoms with van der Waals surface area (Å²) in [4.78, 5) is 0. The molecule has 15 heavy (non-hydrogen) atoms. The maximum atomic E-state index is 9.92. The van der Waals surface area contributed by atoms with E-state index < -0.39 is 5.60 Å². The number of hydrogen-bond donors (Lipinski definition) is 1.